The van der Waals surface area contributed by atoms with Crippen molar-refractivity contribution in [3.63, 3.8) is 0 Å². The van der Waals surface area contributed by atoms with E-state index in [2.05, 4.69) is 28.2 Å². The molecule has 5 N–H and O–H groups in total. The summed E-state index contributed by atoms with van der Waals surface area (Å²) < 4.78 is 10.4. The third-order valence-corrected chi connectivity index (χ3v) is 6.79. The molecule has 4 amide bonds. The third kappa shape index (κ3) is 27.7. The van der Waals surface area contributed by atoms with Crippen molar-refractivity contribution in [1.29, 1.82) is 0 Å². The van der Waals surface area contributed by atoms with Crippen molar-refractivity contribution in [2.24, 2.45) is 5.92 Å². The topological polar surface area (TPSA) is 186 Å². The van der Waals surface area contributed by atoms with Gasteiger partial charge in [0.2, 0.25) is 11.8 Å². The smallest absolute Gasteiger partial charge is 0.632 e. The maximum absolute atomic E-state index is 13.6. The fraction of sp³-hybridized carbons (Fsp3) is 0.575. The number of nitrogens with zero attached hydrogens (tertiary/aromatic N) is 1. The van der Waals surface area contributed by atoms with E-state index in [0.29, 0.717) is 25.7 Å². The van der Waals surface area contributed by atoms with Crippen LogP contribution >= 0.6 is 0 Å². The summed E-state index contributed by atoms with van der Waals surface area (Å²) in [6, 6.07) is 17.1. The van der Waals surface area contributed by atoms with E-state index in [1.165, 1.54) is 0 Å². The minimum atomic E-state index is -0.942. The van der Waals surface area contributed by atoms with Gasteiger partial charge >= 0.3 is 63.6 Å². The molecule has 3 atom stereocenters. The summed E-state index contributed by atoms with van der Waals surface area (Å²) in [4.78, 5) is 60.8. The molecule has 0 spiro atoms. The zero-order valence-corrected chi connectivity index (χ0v) is 37.5. The van der Waals surface area contributed by atoms with Gasteiger partial charge in [-0.25, -0.2) is 9.59 Å². The molecular weight excluding hydrogens is 718 g/mol. The van der Waals surface area contributed by atoms with Crippen LogP contribution in [0.15, 0.2) is 60.7 Å². The molecular formula is C40H64KN5O8. The number of carbonyl (C=O) groups is 5. The number of rotatable bonds is 17. The van der Waals surface area contributed by atoms with Gasteiger partial charge in [0.15, 0.2) is 0 Å². The summed E-state index contributed by atoms with van der Waals surface area (Å²) in [6.07, 6.45) is 1.92. The second kappa shape index (κ2) is 29.4. The first-order valence-corrected chi connectivity index (χ1v) is 18.1. The van der Waals surface area contributed by atoms with E-state index < -0.39 is 41.5 Å². The summed E-state index contributed by atoms with van der Waals surface area (Å²) in [5, 5.41) is 22.6. The number of amides is 4. The molecule has 0 saturated heterocycles. The molecule has 2 aromatic carbocycles. The van der Waals surface area contributed by atoms with Gasteiger partial charge in [-0.2, -0.15) is 0 Å². The number of nitrogens with one attached hydrogen (secondary N) is 4. The summed E-state index contributed by atoms with van der Waals surface area (Å²) in [5.74, 6) is -0.685. The van der Waals surface area contributed by atoms with E-state index in [1.807, 2.05) is 95.3 Å². The maximum atomic E-state index is 13.6. The van der Waals surface area contributed by atoms with Gasteiger partial charge in [0.25, 0.3) is 0 Å². The first-order chi connectivity index (χ1) is 24.9. The first-order valence-electron chi connectivity index (χ1n) is 18.1. The molecule has 0 radical (unpaired) electrons. The second-order valence-electron chi connectivity index (χ2n) is 14.6. The monoisotopic (exact) mass is 781 g/mol. The summed E-state index contributed by atoms with van der Waals surface area (Å²) in [7, 11) is 1.00. The largest absolute Gasteiger partial charge is 1.00 e. The minimum Gasteiger partial charge on any atom is -0.632 e. The molecule has 298 valence electrons. The Kier molecular flexibility index (Phi) is 29.0. The zero-order valence-electron chi connectivity index (χ0n) is 34.4. The van der Waals surface area contributed by atoms with Crippen LogP contribution in [0.4, 0.5) is 9.59 Å². The molecule has 2 rings (SSSR count). The van der Waals surface area contributed by atoms with Crippen LogP contribution in [0.2, 0.25) is 0 Å². The number of benzene rings is 2. The maximum Gasteiger partial charge on any atom is 1.00 e. The van der Waals surface area contributed by atoms with Gasteiger partial charge < -0.3 is 46.0 Å². The molecule has 0 aliphatic heterocycles. The Morgan fingerprint density at radius 1 is 0.759 bits per heavy atom. The molecule has 0 heterocycles. The van der Waals surface area contributed by atoms with Gasteiger partial charge in [0.05, 0.1) is 6.54 Å². The number of aldehydes is 1. The predicted molar refractivity (Wildman–Crippen MR) is 208 cm³/mol. The predicted octanol–water partition coefficient (Wildman–Crippen LogP) is 2.83. The molecule has 14 heteroatoms. The van der Waals surface area contributed by atoms with Crippen LogP contribution in [0.5, 0.6) is 0 Å². The average Bonchev–Trinajstić information content (AvgIpc) is 3.07. The second-order valence-corrected chi connectivity index (χ2v) is 14.6. The van der Waals surface area contributed by atoms with Gasteiger partial charge in [-0.3, -0.25) is 9.59 Å². The number of ether oxygens (including phenoxy) is 2. The van der Waals surface area contributed by atoms with Crippen molar-refractivity contribution in [3.05, 3.63) is 77.1 Å². The summed E-state index contributed by atoms with van der Waals surface area (Å²) in [6.45, 7) is 17.4. The molecule has 2 aromatic rings. The summed E-state index contributed by atoms with van der Waals surface area (Å²) >= 11 is 0. The number of hydrogen-bond acceptors (Lipinski definition) is 8. The van der Waals surface area contributed by atoms with Crippen molar-refractivity contribution in [2.75, 3.05) is 20.2 Å². The van der Waals surface area contributed by atoms with Crippen molar-refractivity contribution >= 4 is 30.3 Å². The van der Waals surface area contributed by atoms with Crippen molar-refractivity contribution in [3.8, 4) is 0 Å². The van der Waals surface area contributed by atoms with Crippen LogP contribution < -0.4 is 72.7 Å². The van der Waals surface area contributed by atoms with Crippen LogP contribution in [0.1, 0.15) is 92.7 Å². The number of aliphatic hydroxyl groups excluding tert-OH is 1. The average molecular weight is 782 g/mol. The van der Waals surface area contributed by atoms with Crippen LogP contribution in [0.3, 0.4) is 0 Å². The quantitative estimate of drug-likeness (QED) is 0.0922. The Hall–Kier alpha value is -2.85. The normalized spacial score (nSPS) is 12.4. The van der Waals surface area contributed by atoms with Crippen LogP contribution in [-0.4, -0.2) is 85.0 Å². The standard InChI is InChI=1S/C30H41N4O5.C9H19NO2.CH4O.K/c1-21(2)18-24(27(36)31-16-17-35)32-26(20-23-14-10-7-11-15-23)34-28(37)25(19-22-12-8-6-9-13-22)33-29(38)39-30(3,4)5;1-5-6-7-10-8(11)12-9(2,3)4;1-2;/h6-15,17,21,24-26H,16,18-20H2,1-5H3,(H,31,36)(H,33,38)(H,34,37);5-7H2,1-4H3,(H,10,11);2H,1H3;/q-1;;;+1/t24?,25?,26-;;;/m1.../s1. The third-order valence-electron chi connectivity index (χ3n) is 6.79. The molecule has 0 fully saturated rings. The van der Waals surface area contributed by atoms with E-state index >= 15 is 0 Å². The number of aliphatic hydroxyl groups is 1. The minimum absolute atomic E-state index is 0. The molecule has 0 aromatic heterocycles. The van der Waals surface area contributed by atoms with Crippen LogP contribution in [0.25, 0.3) is 5.32 Å². The Morgan fingerprint density at radius 2 is 1.26 bits per heavy atom. The first kappa shape index (κ1) is 53.2. The molecule has 2 unspecified atom stereocenters. The van der Waals surface area contributed by atoms with Crippen molar-refractivity contribution in [2.45, 2.75) is 124 Å². The number of carbonyl (C=O) groups excluding carboxylic acids is 5. The van der Waals surface area contributed by atoms with Gasteiger partial charge in [0.1, 0.15) is 23.5 Å². The molecule has 0 saturated carbocycles. The van der Waals surface area contributed by atoms with E-state index in [0.717, 1.165) is 31.1 Å². The number of hydrogen-bond donors (Lipinski definition) is 5. The van der Waals surface area contributed by atoms with E-state index in [4.69, 9.17) is 19.9 Å². The van der Waals surface area contributed by atoms with E-state index in [9.17, 15) is 24.0 Å². The Balaban J connectivity index is 0. The van der Waals surface area contributed by atoms with Crippen LogP contribution in [-0.2, 0) is 36.7 Å². The SMILES string of the molecule is CC(C)CC([N-][C@@H](Cc1ccccc1)NC(=O)C(Cc1ccccc1)NC(=O)OC(C)(C)C)C(=O)NCC=O.CCCCNC(=O)OC(C)(C)C.CO.[K+]. The van der Waals surface area contributed by atoms with Gasteiger partial charge in [-0.05, 0) is 71.4 Å². The summed E-state index contributed by atoms with van der Waals surface area (Å²) in [5.41, 5.74) is 0.650. The van der Waals surface area contributed by atoms with Crippen LogP contribution in [0, 0.1) is 5.92 Å². The van der Waals surface area contributed by atoms with E-state index in [1.54, 1.807) is 20.8 Å². The molecule has 0 aliphatic carbocycles. The molecule has 54 heavy (non-hydrogen) atoms. The molecule has 0 aliphatic rings. The molecule has 13 nitrogen and oxygen atoms in total. The number of alkyl carbamates (subject to hydrolysis) is 2. The Labute approximate surface area is 365 Å². The van der Waals surface area contributed by atoms with Crippen molar-refractivity contribution < 1.29 is 89.9 Å². The Bertz CT molecular complexity index is 1340. The van der Waals surface area contributed by atoms with Crippen molar-refractivity contribution in [1.82, 2.24) is 21.3 Å². The molecule has 0 bridgehead atoms. The Morgan fingerprint density at radius 3 is 1.72 bits per heavy atom. The fourth-order valence-electron chi connectivity index (χ4n) is 4.59. The van der Waals surface area contributed by atoms with E-state index in [-0.39, 0.29) is 82.3 Å². The van der Waals surface area contributed by atoms with Gasteiger partial charge in [-0.1, -0.05) is 106 Å². The van der Waals surface area contributed by atoms with Gasteiger partial charge in [-0.15, -0.1) is 0 Å². The zero-order chi connectivity index (χ0) is 40.5. The fourth-order valence-corrected chi connectivity index (χ4v) is 4.59. The van der Waals surface area contributed by atoms with Gasteiger partial charge in [0, 0.05) is 20.1 Å². The number of unbranched alkanes of at least 4 members (excludes halogenated alkanes) is 1.